The summed E-state index contributed by atoms with van der Waals surface area (Å²) in [5.74, 6) is -0.182. The van der Waals surface area contributed by atoms with Crippen LogP contribution in [-0.2, 0) is 16.0 Å². The van der Waals surface area contributed by atoms with Gasteiger partial charge in [-0.15, -0.1) is 11.3 Å². The van der Waals surface area contributed by atoms with E-state index < -0.39 is 10.9 Å². The first kappa shape index (κ1) is 25.8. The largest absolute Gasteiger partial charge is 0.495 e. The average molecular weight is 528 g/mol. The molecule has 0 atom stereocenters. The van der Waals surface area contributed by atoms with Crippen molar-refractivity contribution in [2.75, 3.05) is 56.9 Å². The van der Waals surface area contributed by atoms with Gasteiger partial charge < -0.3 is 29.9 Å². The monoisotopic (exact) mass is 527 g/mol. The summed E-state index contributed by atoms with van der Waals surface area (Å²) in [6, 6.07) is 5.17. The predicted octanol–water partition coefficient (Wildman–Crippen LogP) is 3.18. The number of aromatic nitrogens is 2. The first-order valence-corrected chi connectivity index (χ1v) is 12.0. The molecular formula is C23H25N7O6S. The Morgan fingerprint density at radius 2 is 2.05 bits per heavy atom. The number of likely N-dealkylation sites (N-methyl/N-ethyl adjacent to an activating group) is 1. The molecule has 14 heteroatoms. The van der Waals surface area contributed by atoms with Crippen LogP contribution in [0, 0.1) is 10.1 Å². The van der Waals surface area contributed by atoms with E-state index in [1.807, 2.05) is 25.1 Å². The Balaban J connectivity index is 1.67. The minimum absolute atomic E-state index is 0.0321. The second kappa shape index (κ2) is 10.8. The summed E-state index contributed by atoms with van der Waals surface area (Å²) in [5, 5.41) is 19.5. The topological polar surface area (TPSA) is 152 Å². The fourth-order valence-electron chi connectivity index (χ4n) is 3.86. The van der Waals surface area contributed by atoms with Crippen molar-refractivity contribution >= 4 is 57.0 Å². The highest BCUT2D eigenvalue weighted by Gasteiger charge is 2.27. The van der Waals surface area contributed by atoms with E-state index >= 15 is 0 Å². The van der Waals surface area contributed by atoms with Gasteiger partial charge in [-0.2, -0.15) is 4.98 Å². The number of methoxy groups -OCH3 is 2. The van der Waals surface area contributed by atoms with Gasteiger partial charge in [0.1, 0.15) is 16.9 Å². The minimum Gasteiger partial charge on any atom is -0.495 e. The van der Waals surface area contributed by atoms with Crippen molar-refractivity contribution in [1.29, 1.82) is 0 Å². The van der Waals surface area contributed by atoms with Gasteiger partial charge >= 0.3 is 11.7 Å². The van der Waals surface area contributed by atoms with Gasteiger partial charge in [-0.1, -0.05) is 0 Å². The van der Waals surface area contributed by atoms with Crippen LogP contribution < -0.4 is 20.3 Å². The lowest BCUT2D eigenvalue weighted by Gasteiger charge is -2.21. The zero-order chi connectivity index (χ0) is 26.7. The standard InChI is InChI=1S/C23H25N7O6S/c1-28(2)12-19(31)29-7-5-13-9-18(35-3)15(10-16(13)29)25-23-24-11-17(30(33)34)20(27-23)26-21-14(6-8-37-21)22(32)36-4/h6,8-11H,5,7,12H2,1-4H3,(H2,24,25,26,27). The van der Waals surface area contributed by atoms with Crippen LogP contribution in [0.15, 0.2) is 29.8 Å². The van der Waals surface area contributed by atoms with Gasteiger partial charge in [0.05, 0.1) is 36.9 Å². The molecule has 3 aromatic rings. The number of rotatable bonds is 9. The van der Waals surface area contributed by atoms with Crippen molar-refractivity contribution in [2.45, 2.75) is 6.42 Å². The Kier molecular flexibility index (Phi) is 7.50. The van der Waals surface area contributed by atoms with Crippen LogP contribution in [-0.4, -0.2) is 73.1 Å². The number of fused-ring (bicyclic) bond motifs is 1. The van der Waals surface area contributed by atoms with Crippen molar-refractivity contribution in [3.63, 3.8) is 0 Å². The Morgan fingerprint density at radius 3 is 2.73 bits per heavy atom. The lowest BCUT2D eigenvalue weighted by Crippen LogP contribution is -2.36. The van der Waals surface area contributed by atoms with Gasteiger partial charge in [-0.3, -0.25) is 14.9 Å². The van der Waals surface area contributed by atoms with Crippen LogP contribution in [0.3, 0.4) is 0 Å². The number of esters is 1. The molecule has 0 fully saturated rings. The number of benzene rings is 1. The fourth-order valence-corrected chi connectivity index (χ4v) is 4.64. The number of nitrogens with zero attached hydrogens (tertiary/aromatic N) is 5. The third kappa shape index (κ3) is 5.44. The van der Waals surface area contributed by atoms with Crippen molar-refractivity contribution in [1.82, 2.24) is 14.9 Å². The number of carbonyl (C=O) groups is 2. The van der Waals surface area contributed by atoms with E-state index in [1.54, 1.807) is 22.4 Å². The SMILES string of the molecule is COC(=O)c1ccsc1Nc1nc(Nc2cc3c(cc2OC)CCN3C(=O)CN(C)C)ncc1[N+](=O)[O-]. The van der Waals surface area contributed by atoms with Crippen LogP contribution in [0.1, 0.15) is 15.9 Å². The second-order valence-electron chi connectivity index (χ2n) is 8.30. The van der Waals surface area contributed by atoms with E-state index in [1.165, 1.54) is 25.6 Å². The van der Waals surface area contributed by atoms with Gasteiger partial charge in [-0.05, 0) is 49.7 Å². The summed E-state index contributed by atoms with van der Waals surface area (Å²) >= 11 is 1.17. The first-order valence-electron chi connectivity index (χ1n) is 11.1. The van der Waals surface area contributed by atoms with E-state index in [4.69, 9.17) is 9.47 Å². The third-order valence-electron chi connectivity index (χ3n) is 5.56. The summed E-state index contributed by atoms with van der Waals surface area (Å²) in [7, 11) is 6.43. The Labute approximate surface area is 216 Å². The molecule has 13 nitrogen and oxygen atoms in total. The molecule has 2 N–H and O–H groups in total. The summed E-state index contributed by atoms with van der Waals surface area (Å²) in [4.78, 5) is 47.7. The van der Waals surface area contributed by atoms with Crippen molar-refractivity contribution in [2.24, 2.45) is 0 Å². The molecule has 37 heavy (non-hydrogen) atoms. The first-order chi connectivity index (χ1) is 17.7. The van der Waals surface area contributed by atoms with Crippen molar-refractivity contribution in [3.05, 3.63) is 51.0 Å². The van der Waals surface area contributed by atoms with Crippen LogP contribution in [0.25, 0.3) is 0 Å². The maximum absolute atomic E-state index is 12.7. The quantitative estimate of drug-likeness (QED) is 0.240. The number of anilines is 5. The molecule has 194 valence electrons. The molecule has 1 amide bonds. The Hall–Kier alpha value is -4.30. The highest BCUT2D eigenvalue weighted by Crippen LogP contribution is 2.39. The average Bonchev–Trinajstić information content (AvgIpc) is 3.49. The fraction of sp³-hybridized carbons (Fsp3) is 0.304. The van der Waals surface area contributed by atoms with Crippen LogP contribution >= 0.6 is 11.3 Å². The highest BCUT2D eigenvalue weighted by molar-refractivity contribution is 7.14. The molecule has 0 aliphatic carbocycles. The lowest BCUT2D eigenvalue weighted by atomic mass is 10.1. The number of amides is 1. The maximum Gasteiger partial charge on any atom is 0.340 e. The Morgan fingerprint density at radius 1 is 1.27 bits per heavy atom. The van der Waals surface area contributed by atoms with E-state index in [-0.39, 0.29) is 35.5 Å². The third-order valence-corrected chi connectivity index (χ3v) is 6.39. The van der Waals surface area contributed by atoms with Gasteiger partial charge in [0.25, 0.3) is 0 Å². The van der Waals surface area contributed by atoms with Crippen molar-refractivity contribution in [3.8, 4) is 5.75 Å². The molecular weight excluding hydrogens is 502 g/mol. The molecule has 1 aromatic carbocycles. The molecule has 0 saturated carbocycles. The van der Waals surface area contributed by atoms with E-state index in [0.29, 0.717) is 29.4 Å². The lowest BCUT2D eigenvalue weighted by molar-refractivity contribution is -0.384. The van der Waals surface area contributed by atoms with Gasteiger partial charge in [0, 0.05) is 12.2 Å². The number of carbonyl (C=O) groups excluding carboxylic acids is 2. The molecule has 1 aliphatic heterocycles. The minimum atomic E-state index is -0.623. The number of hydrogen-bond acceptors (Lipinski definition) is 12. The van der Waals surface area contributed by atoms with Gasteiger partial charge in [-0.25, -0.2) is 9.78 Å². The molecule has 0 saturated heterocycles. The summed E-state index contributed by atoms with van der Waals surface area (Å²) in [6.07, 6.45) is 1.76. The zero-order valence-electron chi connectivity index (χ0n) is 20.6. The highest BCUT2D eigenvalue weighted by atomic mass is 32.1. The van der Waals surface area contributed by atoms with E-state index in [2.05, 4.69) is 20.6 Å². The molecule has 0 spiro atoms. The number of ether oxygens (including phenoxy) is 2. The maximum atomic E-state index is 12.7. The summed E-state index contributed by atoms with van der Waals surface area (Å²) in [5.41, 5.74) is 2.04. The summed E-state index contributed by atoms with van der Waals surface area (Å²) in [6.45, 7) is 0.824. The molecule has 1 aliphatic rings. The predicted molar refractivity (Wildman–Crippen MR) is 139 cm³/mol. The molecule has 3 heterocycles. The van der Waals surface area contributed by atoms with Crippen LogP contribution in [0.2, 0.25) is 0 Å². The number of thiophene rings is 1. The second-order valence-corrected chi connectivity index (χ2v) is 9.22. The van der Waals surface area contributed by atoms with Gasteiger partial charge in [0.15, 0.2) is 0 Å². The number of nitro groups is 1. The van der Waals surface area contributed by atoms with Gasteiger partial charge in [0.2, 0.25) is 17.7 Å². The zero-order valence-corrected chi connectivity index (χ0v) is 21.4. The molecule has 2 aromatic heterocycles. The van der Waals surface area contributed by atoms with Crippen molar-refractivity contribution < 1.29 is 24.0 Å². The normalized spacial score (nSPS) is 12.3. The molecule has 0 unspecified atom stereocenters. The number of hydrogen-bond donors (Lipinski definition) is 2. The number of nitrogens with one attached hydrogen (secondary N) is 2. The van der Waals surface area contributed by atoms with E-state index in [9.17, 15) is 19.7 Å². The smallest absolute Gasteiger partial charge is 0.340 e. The Bertz CT molecular complexity index is 1360. The molecule has 0 radical (unpaired) electrons. The molecule has 4 rings (SSSR count). The summed E-state index contributed by atoms with van der Waals surface area (Å²) < 4.78 is 10.3. The van der Waals surface area contributed by atoms with Crippen LogP contribution in [0.4, 0.5) is 33.8 Å². The molecule has 0 bridgehead atoms. The van der Waals surface area contributed by atoms with Crippen LogP contribution in [0.5, 0.6) is 5.75 Å². The van der Waals surface area contributed by atoms with E-state index in [0.717, 1.165) is 17.4 Å².